The lowest BCUT2D eigenvalue weighted by Gasteiger charge is -2.47. The third-order valence-electron chi connectivity index (χ3n) is 5.44. The number of thiophene rings is 1. The Morgan fingerprint density at radius 3 is 3.12 bits per heavy atom. The summed E-state index contributed by atoms with van der Waals surface area (Å²) >= 11 is 7.89. The molecule has 1 unspecified atom stereocenters. The molecule has 2 aromatic rings. The molecular formula is C19H21ClFNO2S. The number of phenols is 1. The maximum absolute atomic E-state index is 13.6. The van der Waals surface area contributed by atoms with Crippen molar-refractivity contribution >= 4 is 22.9 Å². The minimum atomic E-state index is -0.563. The zero-order valence-corrected chi connectivity index (χ0v) is 15.7. The molecule has 0 amide bonds. The highest BCUT2D eigenvalue weighted by atomic mass is 35.5. The van der Waals surface area contributed by atoms with E-state index in [-0.39, 0.29) is 17.4 Å². The van der Waals surface area contributed by atoms with Gasteiger partial charge in [-0.3, -0.25) is 4.90 Å². The molecular weight excluding hydrogens is 361 g/mol. The molecule has 0 bridgehead atoms. The van der Waals surface area contributed by atoms with Crippen LogP contribution in [0.1, 0.15) is 35.8 Å². The lowest BCUT2D eigenvalue weighted by Crippen LogP contribution is -2.49. The monoisotopic (exact) mass is 381 g/mol. The number of fused-ring (bicyclic) bond motifs is 2. The Kier molecular flexibility index (Phi) is 4.52. The molecule has 1 aromatic heterocycles. The van der Waals surface area contributed by atoms with Crippen LogP contribution < -0.4 is 0 Å². The number of benzene rings is 1. The predicted octanol–water partition coefficient (Wildman–Crippen LogP) is 4.70. The van der Waals surface area contributed by atoms with E-state index in [0.717, 1.165) is 36.8 Å². The van der Waals surface area contributed by atoms with E-state index >= 15 is 0 Å². The van der Waals surface area contributed by atoms with E-state index < -0.39 is 5.82 Å². The smallest absolute Gasteiger partial charge is 0.165 e. The third kappa shape index (κ3) is 3.08. The zero-order valence-electron chi connectivity index (χ0n) is 14.1. The molecule has 1 saturated heterocycles. The predicted molar refractivity (Wildman–Crippen MR) is 97.8 cm³/mol. The van der Waals surface area contributed by atoms with E-state index in [9.17, 15) is 9.50 Å². The quantitative estimate of drug-likeness (QED) is 0.818. The van der Waals surface area contributed by atoms with Crippen LogP contribution in [-0.2, 0) is 23.3 Å². The van der Waals surface area contributed by atoms with Crippen LogP contribution in [0.25, 0.3) is 0 Å². The first-order valence-corrected chi connectivity index (χ1v) is 9.81. The van der Waals surface area contributed by atoms with E-state index in [1.54, 1.807) is 23.5 Å². The zero-order chi connectivity index (χ0) is 17.6. The first-order valence-electron chi connectivity index (χ1n) is 8.61. The summed E-state index contributed by atoms with van der Waals surface area (Å²) in [6.07, 6.45) is 2.69. The summed E-state index contributed by atoms with van der Waals surface area (Å²) in [6, 6.07) is 7.05. The first-order chi connectivity index (χ1) is 12.0. The molecule has 25 heavy (non-hydrogen) atoms. The van der Waals surface area contributed by atoms with E-state index in [1.807, 2.05) is 0 Å². The molecule has 1 spiro atoms. The van der Waals surface area contributed by atoms with Gasteiger partial charge in [0.2, 0.25) is 0 Å². The van der Waals surface area contributed by atoms with Crippen molar-refractivity contribution in [3.05, 3.63) is 50.4 Å². The topological polar surface area (TPSA) is 32.7 Å². The molecule has 0 radical (unpaired) electrons. The Labute approximate surface area is 156 Å². The van der Waals surface area contributed by atoms with Crippen LogP contribution >= 0.6 is 22.9 Å². The van der Waals surface area contributed by atoms with Crippen LogP contribution in [0.5, 0.6) is 5.75 Å². The van der Waals surface area contributed by atoms with Crippen molar-refractivity contribution in [3.8, 4) is 5.75 Å². The number of nitrogens with zero attached hydrogens (tertiary/aromatic N) is 1. The number of hydrogen-bond donors (Lipinski definition) is 1. The molecule has 2 aliphatic heterocycles. The average Bonchev–Trinajstić information content (AvgIpc) is 2.96. The molecule has 0 aliphatic carbocycles. The van der Waals surface area contributed by atoms with Crippen molar-refractivity contribution in [1.29, 1.82) is 0 Å². The Balaban J connectivity index is 1.54. The molecule has 1 N–H and O–H groups in total. The lowest BCUT2D eigenvalue weighted by atomic mass is 9.82. The maximum Gasteiger partial charge on any atom is 0.165 e. The number of rotatable bonds is 2. The van der Waals surface area contributed by atoms with Gasteiger partial charge < -0.3 is 9.84 Å². The van der Waals surface area contributed by atoms with Gasteiger partial charge in [0.15, 0.2) is 11.6 Å². The van der Waals surface area contributed by atoms with Crippen molar-refractivity contribution in [3.63, 3.8) is 0 Å². The van der Waals surface area contributed by atoms with Gasteiger partial charge in [0.05, 0.1) is 10.9 Å². The van der Waals surface area contributed by atoms with Crippen LogP contribution in [0.4, 0.5) is 4.39 Å². The summed E-state index contributed by atoms with van der Waals surface area (Å²) in [6.45, 7) is 4.28. The number of phenolic OH excluding ortho intramolecular Hbond substituents is 1. The first kappa shape index (κ1) is 17.3. The van der Waals surface area contributed by atoms with Gasteiger partial charge in [-0.2, -0.15) is 0 Å². The molecule has 4 rings (SSSR count). The second-order valence-electron chi connectivity index (χ2n) is 7.02. The van der Waals surface area contributed by atoms with Gasteiger partial charge in [-0.1, -0.05) is 23.7 Å². The van der Waals surface area contributed by atoms with Crippen LogP contribution in [0.3, 0.4) is 0 Å². The molecule has 2 aliphatic rings. The molecule has 6 heteroatoms. The maximum atomic E-state index is 13.6. The molecule has 134 valence electrons. The van der Waals surface area contributed by atoms with Crippen molar-refractivity contribution in [2.45, 2.75) is 44.4 Å². The van der Waals surface area contributed by atoms with Crippen molar-refractivity contribution in [1.82, 2.24) is 4.90 Å². The van der Waals surface area contributed by atoms with Crippen molar-refractivity contribution < 1.29 is 14.2 Å². The van der Waals surface area contributed by atoms with Gasteiger partial charge >= 0.3 is 0 Å². The molecule has 2 atom stereocenters. The van der Waals surface area contributed by atoms with Crippen LogP contribution in [0.15, 0.2) is 24.3 Å². The molecule has 3 heterocycles. The molecule has 1 aromatic carbocycles. The number of ether oxygens (including phenoxy) is 1. The minimum absolute atomic E-state index is 0.240. The summed E-state index contributed by atoms with van der Waals surface area (Å²) < 4.78 is 20.7. The molecule has 0 saturated carbocycles. The van der Waals surface area contributed by atoms with Gasteiger partial charge in [-0.05, 0) is 43.9 Å². The fourth-order valence-corrected chi connectivity index (χ4v) is 5.60. The van der Waals surface area contributed by atoms with Crippen molar-refractivity contribution in [2.75, 3.05) is 13.2 Å². The van der Waals surface area contributed by atoms with Gasteiger partial charge in [-0.25, -0.2) is 4.39 Å². The summed E-state index contributed by atoms with van der Waals surface area (Å²) in [5, 5.41) is 9.95. The number of aromatic hydroxyl groups is 1. The van der Waals surface area contributed by atoms with Crippen LogP contribution in [0, 0.1) is 5.82 Å². The largest absolute Gasteiger partial charge is 0.505 e. The van der Waals surface area contributed by atoms with E-state index in [0.29, 0.717) is 12.1 Å². The van der Waals surface area contributed by atoms with Crippen LogP contribution in [0.2, 0.25) is 4.34 Å². The standard InChI is InChI=1S/C19H21ClFNO2S/c1-12-10-19(18-13(5-8-24-19)9-16(20)25-18)6-7-22(12)11-14-3-2-4-15(21)17(14)23/h2-4,9,12,23H,5-8,10-11H2,1H3/t12-,19?/m0/s1. The Hall–Kier alpha value is -1.14. The highest BCUT2D eigenvalue weighted by molar-refractivity contribution is 7.16. The van der Waals surface area contributed by atoms with E-state index in [2.05, 4.69) is 17.9 Å². The van der Waals surface area contributed by atoms with Gasteiger partial charge in [0.25, 0.3) is 0 Å². The number of hydrogen-bond acceptors (Lipinski definition) is 4. The van der Waals surface area contributed by atoms with Crippen LogP contribution in [-0.4, -0.2) is 29.2 Å². The summed E-state index contributed by atoms with van der Waals surface area (Å²) in [7, 11) is 0. The summed E-state index contributed by atoms with van der Waals surface area (Å²) in [4.78, 5) is 3.57. The molecule has 3 nitrogen and oxygen atoms in total. The highest BCUT2D eigenvalue weighted by Gasteiger charge is 2.44. The number of likely N-dealkylation sites (tertiary alicyclic amines) is 1. The van der Waals surface area contributed by atoms with Gasteiger partial charge in [0, 0.05) is 29.6 Å². The third-order valence-corrected chi connectivity index (χ3v) is 6.93. The fourth-order valence-electron chi connectivity index (χ4n) is 4.12. The molecule has 1 fully saturated rings. The lowest BCUT2D eigenvalue weighted by molar-refractivity contribution is -0.110. The van der Waals surface area contributed by atoms with Gasteiger partial charge in [-0.15, -0.1) is 11.3 Å². The second kappa shape index (κ2) is 6.54. The van der Waals surface area contributed by atoms with Crippen molar-refractivity contribution in [2.24, 2.45) is 0 Å². The number of piperidine rings is 1. The SMILES string of the molecule is C[C@H]1CC2(CCN1Cc1cccc(F)c1O)OCCc1cc(Cl)sc12. The van der Waals surface area contributed by atoms with Gasteiger partial charge in [0.1, 0.15) is 5.60 Å². The fraction of sp³-hybridized carbons (Fsp3) is 0.474. The van der Waals surface area contributed by atoms with E-state index in [1.165, 1.54) is 16.5 Å². The normalized spacial score (nSPS) is 26.8. The minimum Gasteiger partial charge on any atom is -0.505 e. The summed E-state index contributed by atoms with van der Waals surface area (Å²) in [5.41, 5.74) is 1.71. The second-order valence-corrected chi connectivity index (χ2v) is 8.70. The Morgan fingerprint density at radius 2 is 2.32 bits per heavy atom. The average molecular weight is 382 g/mol. The summed E-state index contributed by atoms with van der Waals surface area (Å²) in [5.74, 6) is -0.802. The Morgan fingerprint density at radius 1 is 1.48 bits per heavy atom. The number of halogens is 2. The Bertz CT molecular complexity index is 796. The van der Waals surface area contributed by atoms with E-state index in [4.69, 9.17) is 16.3 Å². The highest BCUT2D eigenvalue weighted by Crippen LogP contribution is 2.48. The number of para-hydroxylation sites is 1.